The molecular formula is C15H25N5. The van der Waals surface area contributed by atoms with Crippen LogP contribution in [-0.2, 0) is 0 Å². The van der Waals surface area contributed by atoms with Crippen LogP contribution in [-0.4, -0.2) is 49.7 Å². The lowest BCUT2D eigenvalue weighted by molar-refractivity contribution is 0.328. The molecule has 5 heteroatoms. The summed E-state index contributed by atoms with van der Waals surface area (Å²) in [6, 6.07) is 2.75. The van der Waals surface area contributed by atoms with Crippen LogP contribution in [0.25, 0.3) is 0 Å². The summed E-state index contributed by atoms with van der Waals surface area (Å²) in [5.74, 6) is 2.64. The van der Waals surface area contributed by atoms with Gasteiger partial charge in [-0.2, -0.15) is 4.98 Å². The Bertz CT molecular complexity index is 442. The summed E-state index contributed by atoms with van der Waals surface area (Å²) in [7, 11) is 3.97. The Kier molecular flexibility index (Phi) is 4.05. The van der Waals surface area contributed by atoms with E-state index < -0.39 is 0 Å². The van der Waals surface area contributed by atoms with Gasteiger partial charge in [-0.25, -0.2) is 4.98 Å². The average Bonchev–Trinajstić information content (AvgIpc) is 3.02. The maximum Gasteiger partial charge on any atom is 0.226 e. The topological polar surface area (TPSA) is 44.3 Å². The lowest BCUT2D eigenvalue weighted by atomic mass is 9.90. The minimum Gasteiger partial charge on any atom is -0.356 e. The van der Waals surface area contributed by atoms with Crippen molar-refractivity contribution in [2.24, 2.45) is 5.92 Å². The quantitative estimate of drug-likeness (QED) is 0.906. The van der Waals surface area contributed by atoms with Crippen LogP contribution in [0, 0.1) is 5.92 Å². The zero-order valence-electron chi connectivity index (χ0n) is 12.5. The first kappa shape index (κ1) is 13.6. The Labute approximate surface area is 121 Å². The van der Waals surface area contributed by atoms with Crippen molar-refractivity contribution in [3.63, 3.8) is 0 Å². The second kappa shape index (κ2) is 5.95. The minimum absolute atomic E-state index is 0.716. The molecule has 0 bridgehead atoms. The van der Waals surface area contributed by atoms with Gasteiger partial charge in [-0.15, -0.1) is 0 Å². The molecule has 0 aliphatic carbocycles. The predicted molar refractivity (Wildman–Crippen MR) is 82.3 cm³/mol. The average molecular weight is 275 g/mol. The fourth-order valence-electron chi connectivity index (χ4n) is 3.39. The largest absolute Gasteiger partial charge is 0.356 e. The molecule has 0 spiro atoms. The van der Waals surface area contributed by atoms with E-state index in [2.05, 4.69) is 20.2 Å². The number of rotatable bonds is 3. The molecule has 20 heavy (non-hydrogen) atoms. The van der Waals surface area contributed by atoms with E-state index in [4.69, 9.17) is 0 Å². The number of hydrogen-bond donors (Lipinski definition) is 1. The molecule has 3 rings (SSSR count). The van der Waals surface area contributed by atoms with Crippen LogP contribution in [0.4, 0.5) is 11.8 Å². The summed E-state index contributed by atoms with van der Waals surface area (Å²) >= 11 is 0. The zero-order valence-corrected chi connectivity index (χ0v) is 12.5. The van der Waals surface area contributed by atoms with Crippen LogP contribution in [0.2, 0.25) is 0 Å². The summed E-state index contributed by atoms with van der Waals surface area (Å²) in [5.41, 5.74) is 0. The number of nitrogens with one attached hydrogen (secondary N) is 1. The van der Waals surface area contributed by atoms with Gasteiger partial charge in [0.1, 0.15) is 5.82 Å². The lowest BCUT2D eigenvalue weighted by Crippen LogP contribution is -2.43. The van der Waals surface area contributed by atoms with E-state index in [1.54, 1.807) is 0 Å². The van der Waals surface area contributed by atoms with Crippen molar-refractivity contribution in [2.45, 2.75) is 31.7 Å². The molecule has 0 saturated carbocycles. The monoisotopic (exact) mass is 275 g/mol. The molecule has 1 N–H and O–H groups in total. The van der Waals surface area contributed by atoms with Crippen molar-refractivity contribution in [2.75, 3.05) is 43.5 Å². The van der Waals surface area contributed by atoms with Gasteiger partial charge in [0.15, 0.2) is 0 Å². The molecule has 0 radical (unpaired) electrons. The summed E-state index contributed by atoms with van der Waals surface area (Å²) < 4.78 is 0. The summed E-state index contributed by atoms with van der Waals surface area (Å²) in [6.45, 7) is 3.44. The summed E-state index contributed by atoms with van der Waals surface area (Å²) in [6.07, 6.45) is 7.16. The molecule has 110 valence electrons. The van der Waals surface area contributed by atoms with Crippen molar-refractivity contribution in [1.29, 1.82) is 0 Å². The van der Waals surface area contributed by atoms with Crippen molar-refractivity contribution < 1.29 is 0 Å². The van der Waals surface area contributed by atoms with E-state index >= 15 is 0 Å². The van der Waals surface area contributed by atoms with E-state index in [1.807, 2.05) is 31.3 Å². The molecule has 2 atom stereocenters. The molecule has 2 aliphatic heterocycles. The van der Waals surface area contributed by atoms with E-state index in [1.165, 1.54) is 32.2 Å². The molecule has 3 heterocycles. The number of nitrogens with zero attached hydrogens (tertiary/aromatic N) is 4. The fourth-order valence-corrected chi connectivity index (χ4v) is 3.39. The molecule has 1 aromatic rings. The van der Waals surface area contributed by atoms with Crippen LogP contribution in [0.1, 0.15) is 25.7 Å². The third-order valence-electron chi connectivity index (χ3n) is 4.48. The van der Waals surface area contributed by atoms with Gasteiger partial charge in [-0.3, -0.25) is 0 Å². The molecular weight excluding hydrogens is 250 g/mol. The third kappa shape index (κ3) is 2.87. The first-order chi connectivity index (χ1) is 9.74. The first-order valence-electron chi connectivity index (χ1n) is 7.73. The molecule has 2 saturated heterocycles. The summed E-state index contributed by atoms with van der Waals surface area (Å²) in [4.78, 5) is 13.4. The third-order valence-corrected chi connectivity index (χ3v) is 4.48. The maximum absolute atomic E-state index is 4.68. The summed E-state index contributed by atoms with van der Waals surface area (Å²) in [5, 5.41) is 3.66. The van der Waals surface area contributed by atoms with Gasteiger partial charge in [-0.05, 0) is 44.2 Å². The van der Waals surface area contributed by atoms with Crippen LogP contribution in [0.15, 0.2) is 12.3 Å². The molecule has 0 amide bonds. The molecule has 2 unspecified atom stereocenters. The molecule has 1 aromatic heterocycles. The van der Waals surface area contributed by atoms with Crippen molar-refractivity contribution >= 4 is 11.8 Å². The van der Waals surface area contributed by atoms with Gasteiger partial charge >= 0.3 is 0 Å². The Morgan fingerprint density at radius 1 is 1.30 bits per heavy atom. The fraction of sp³-hybridized carbons (Fsp3) is 0.733. The van der Waals surface area contributed by atoms with Gasteiger partial charge in [0.25, 0.3) is 0 Å². The van der Waals surface area contributed by atoms with Crippen LogP contribution >= 0.6 is 0 Å². The highest BCUT2D eigenvalue weighted by Gasteiger charge is 2.29. The van der Waals surface area contributed by atoms with Crippen LogP contribution < -0.4 is 15.1 Å². The predicted octanol–water partition coefficient (Wildman–Crippen LogP) is 1.51. The van der Waals surface area contributed by atoms with Crippen LogP contribution in [0.5, 0.6) is 0 Å². The van der Waals surface area contributed by atoms with Gasteiger partial charge in [0.05, 0.1) is 0 Å². The highest BCUT2D eigenvalue weighted by molar-refractivity contribution is 5.43. The van der Waals surface area contributed by atoms with Gasteiger partial charge < -0.3 is 15.1 Å². The number of piperidine rings is 1. The Balaban J connectivity index is 1.71. The van der Waals surface area contributed by atoms with E-state index in [0.717, 1.165) is 30.8 Å². The van der Waals surface area contributed by atoms with E-state index in [-0.39, 0.29) is 0 Å². The zero-order chi connectivity index (χ0) is 13.9. The second-order valence-corrected chi connectivity index (χ2v) is 6.16. The van der Waals surface area contributed by atoms with E-state index in [9.17, 15) is 0 Å². The van der Waals surface area contributed by atoms with Crippen molar-refractivity contribution in [3.05, 3.63) is 12.3 Å². The van der Waals surface area contributed by atoms with Gasteiger partial charge in [0, 0.05) is 39.4 Å². The molecule has 0 aromatic carbocycles. The number of anilines is 2. The maximum atomic E-state index is 4.68. The Morgan fingerprint density at radius 3 is 2.95 bits per heavy atom. The molecule has 2 aliphatic rings. The minimum atomic E-state index is 0.716. The SMILES string of the molecule is CN(C)c1nccc(N2CCCC(C3CCCN3)C2)n1. The van der Waals surface area contributed by atoms with Gasteiger partial charge in [-0.1, -0.05) is 0 Å². The Morgan fingerprint density at radius 2 is 2.20 bits per heavy atom. The smallest absolute Gasteiger partial charge is 0.226 e. The first-order valence-corrected chi connectivity index (χ1v) is 7.73. The van der Waals surface area contributed by atoms with Crippen molar-refractivity contribution in [1.82, 2.24) is 15.3 Å². The van der Waals surface area contributed by atoms with E-state index in [0.29, 0.717) is 6.04 Å². The lowest BCUT2D eigenvalue weighted by Gasteiger charge is -2.36. The van der Waals surface area contributed by atoms with Crippen LogP contribution in [0.3, 0.4) is 0 Å². The Hall–Kier alpha value is -1.36. The molecule has 2 fully saturated rings. The highest BCUT2D eigenvalue weighted by atomic mass is 15.3. The van der Waals surface area contributed by atoms with Crippen molar-refractivity contribution in [3.8, 4) is 0 Å². The number of aromatic nitrogens is 2. The van der Waals surface area contributed by atoms with Gasteiger partial charge in [0.2, 0.25) is 5.95 Å². The number of hydrogen-bond acceptors (Lipinski definition) is 5. The normalized spacial score (nSPS) is 26.8. The molecule has 5 nitrogen and oxygen atoms in total. The second-order valence-electron chi connectivity index (χ2n) is 6.16. The highest BCUT2D eigenvalue weighted by Crippen LogP contribution is 2.27. The standard InChI is InChI=1S/C15H25N5/c1-19(2)15-17-9-7-14(18-15)20-10-4-5-12(11-20)13-6-3-8-16-13/h7,9,12-13,16H,3-6,8,10-11H2,1-2H3.